The normalized spacial score (nSPS) is 20.0. The second kappa shape index (κ2) is 13.0. The quantitative estimate of drug-likeness (QED) is 0.604. The molecule has 2 aliphatic heterocycles. The van der Waals surface area contributed by atoms with Crippen LogP contribution >= 0.6 is 0 Å². The van der Waals surface area contributed by atoms with E-state index in [4.69, 9.17) is 0 Å². The number of carbonyl (C=O) groups excluding carboxylic acids is 3. The highest BCUT2D eigenvalue weighted by Crippen LogP contribution is 2.31. The molecule has 1 aromatic carbocycles. The molecule has 3 aliphatic rings. The molecule has 2 heterocycles. The highest BCUT2D eigenvalue weighted by atomic mass is 16.2. The van der Waals surface area contributed by atoms with Gasteiger partial charge in [-0.05, 0) is 55.8 Å². The SMILES string of the molecule is CC(C)(C)CC(=O)Nc1cc(C(=O)N2CCCNCC2)ccc1N1CCCN(C(=O)C2CCCCC2)CC1. The lowest BCUT2D eigenvalue weighted by Gasteiger charge is -2.29. The van der Waals surface area contributed by atoms with Crippen LogP contribution in [0.2, 0.25) is 0 Å². The fraction of sp³-hybridized carbons (Fsp3) is 0.700. The lowest BCUT2D eigenvalue weighted by Crippen LogP contribution is -2.39. The fourth-order valence-electron chi connectivity index (χ4n) is 5.94. The van der Waals surface area contributed by atoms with E-state index in [0.29, 0.717) is 43.2 Å². The molecule has 3 fully saturated rings. The van der Waals surface area contributed by atoms with E-state index in [-0.39, 0.29) is 23.1 Å². The van der Waals surface area contributed by atoms with Gasteiger partial charge >= 0.3 is 0 Å². The van der Waals surface area contributed by atoms with Crippen LogP contribution in [0.15, 0.2) is 18.2 Å². The molecule has 0 spiro atoms. The number of benzene rings is 1. The lowest BCUT2D eigenvalue weighted by molar-refractivity contribution is -0.136. The van der Waals surface area contributed by atoms with Gasteiger partial charge in [-0.15, -0.1) is 0 Å². The Bertz CT molecular complexity index is 975. The van der Waals surface area contributed by atoms with Gasteiger partial charge < -0.3 is 25.3 Å². The number of nitrogens with zero attached hydrogens (tertiary/aromatic N) is 3. The van der Waals surface area contributed by atoms with Gasteiger partial charge in [0.25, 0.3) is 5.91 Å². The summed E-state index contributed by atoms with van der Waals surface area (Å²) in [5.41, 5.74) is 2.07. The first-order valence-electron chi connectivity index (χ1n) is 14.7. The van der Waals surface area contributed by atoms with Gasteiger partial charge in [-0.3, -0.25) is 14.4 Å². The maximum Gasteiger partial charge on any atom is 0.253 e. The van der Waals surface area contributed by atoms with Crippen molar-refractivity contribution in [1.82, 2.24) is 15.1 Å². The number of hydrogen-bond donors (Lipinski definition) is 2. The second-order valence-corrected chi connectivity index (χ2v) is 12.4. The lowest BCUT2D eigenvalue weighted by atomic mass is 9.88. The van der Waals surface area contributed by atoms with Crippen molar-refractivity contribution in [3.63, 3.8) is 0 Å². The summed E-state index contributed by atoms with van der Waals surface area (Å²) < 4.78 is 0. The minimum absolute atomic E-state index is 0.00619. The third-order valence-electron chi connectivity index (χ3n) is 7.94. The Morgan fingerprint density at radius 3 is 2.39 bits per heavy atom. The minimum atomic E-state index is -0.140. The average Bonchev–Trinajstić information content (AvgIpc) is 3.31. The number of anilines is 2. The number of hydrogen-bond acceptors (Lipinski definition) is 5. The molecule has 38 heavy (non-hydrogen) atoms. The monoisotopic (exact) mass is 525 g/mol. The summed E-state index contributed by atoms with van der Waals surface area (Å²) in [6.45, 7) is 12.3. The largest absolute Gasteiger partial charge is 0.368 e. The molecule has 8 heteroatoms. The Morgan fingerprint density at radius 2 is 1.63 bits per heavy atom. The maximum atomic E-state index is 13.4. The van der Waals surface area contributed by atoms with E-state index in [1.54, 1.807) is 0 Å². The fourth-order valence-corrected chi connectivity index (χ4v) is 5.94. The van der Waals surface area contributed by atoms with Crippen LogP contribution in [0.3, 0.4) is 0 Å². The standard InChI is InChI=1S/C30H47N5O3/c1-30(2,3)22-27(36)32-25-21-24(29(38)34-15-7-13-31-14-18-34)11-12-26(25)33-16-8-17-35(20-19-33)28(37)23-9-5-4-6-10-23/h11-12,21,23,31H,4-10,13-20,22H2,1-3H3,(H,32,36). The van der Waals surface area contributed by atoms with Gasteiger partial charge in [-0.1, -0.05) is 40.0 Å². The molecule has 210 valence electrons. The summed E-state index contributed by atoms with van der Waals surface area (Å²) in [6, 6.07) is 5.73. The van der Waals surface area contributed by atoms with E-state index in [1.807, 2.05) is 43.9 Å². The zero-order chi connectivity index (χ0) is 27.1. The van der Waals surface area contributed by atoms with Crippen molar-refractivity contribution in [2.75, 3.05) is 62.6 Å². The van der Waals surface area contributed by atoms with E-state index in [2.05, 4.69) is 20.4 Å². The molecule has 2 N–H and O–H groups in total. The van der Waals surface area contributed by atoms with Crippen molar-refractivity contribution in [3.8, 4) is 0 Å². The maximum absolute atomic E-state index is 13.4. The van der Waals surface area contributed by atoms with Gasteiger partial charge in [0.1, 0.15) is 0 Å². The smallest absolute Gasteiger partial charge is 0.253 e. The zero-order valence-electron chi connectivity index (χ0n) is 23.7. The van der Waals surface area contributed by atoms with Crippen LogP contribution < -0.4 is 15.5 Å². The first-order chi connectivity index (χ1) is 18.2. The molecule has 3 amide bonds. The van der Waals surface area contributed by atoms with Crippen LogP contribution in [0.5, 0.6) is 0 Å². The Kier molecular flexibility index (Phi) is 9.69. The van der Waals surface area contributed by atoms with E-state index in [1.165, 1.54) is 6.42 Å². The number of amides is 3. The molecule has 0 atom stereocenters. The molecule has 0 radical (unpaired) electrons. The third kappa shape index (κ3) is 7.71. The molecular weight excluding hydrogens is 478 g/mol. The van der Waals surface area contributed by atoms with Crippen molar-refractivity contribution >= 4 is 29.1 Å². The van der Waals surface area contributed by atoms with Crippen LogP contribution in [0.25, 0.3) is 0 Å². The van der Waals surface area contributed by atoms with Gasteiger partial charge in [0, 0.05) is 63.7 Å². The predicted octanol–water partition coefficient (Wildman–Crippen LogP) is 4.12. The summed E-state index contributed by atoms with van der Waals surface area (Å²) in [6.07, 6.45) is 7.82. The van der Waals surface area contributed by atoms with E-state index >= 15 is 0 Å². The molecule has 8 nitrogen and oxygen atoms in total. The van der Waals surface area contributed by atoms with Gasteiger partial charge in [0.15, 0.2) is 0 Å². The molecule has 0 unspecified atom stereocenters. The van der Waals surface area contributed by atoms with E-state index in [0.717, 1.165) is 76.9 Å². The summed E-state index contributed by atoms with van der Waals surface area (Å²) in [7, 11) is 0. The molecule has 0 aromatic heterocycles. The molecule has 4 rings (SSSR count). The number of carbonyl (C=O) groups is 3. The van der Waals surface area contributed by atoms with Gasteiger partial charge in [0.05, 0.1) is 11.4 Å². The van der Waals surface area contributed by atoms with Gasteiger partial charge in [0.2, 0.25) is 11.8 Å². The molecule has 1 aliphatic carbocycles. The molecule has 0 bridgehead atoms. The number of nitrogens with one attached hydrogen (secondary N) is 2. The van der Waals surface area contributed by atoms with Crippen LogP contribution in [0, 0.1) is 11.3 Å². The molecular formula is C30H47N5O3. The van der Waals surface area contributed by atoms with E-state index in [9.17, 15) is 14.4 Å². The Hall–Kier alpha value is -2.61. The van der Waals surface area contributed by atoms with Gasteiger partial charge in [-0.25, -0.2) is 0 Å². The first kappa shape index (κ1) is 28.4. The Labute approximate surface area is 228 Å². The van der Waals surface area contributed by atoms with Crippen molar-refractivity contribution in [2.45, 2.75) is 72.1 Å². The predicted molar refractivity (Wildman–Crippen MR) is 153 cm³/mol. The zero-order valence-corrected chi connectivity index (χ0v) is 23.7. The molecule has 1 aromatic rings. The van der Waals surface area contributed by atoms with Crippen LogP contribution in [-0.4, -0.2) is 79.9 Å². The summed E-state index contributed by atoms with van der Waals surface area (Å²) >= 11 is 0. The van der Waals surface area contributed by atoms with Crippen LogP contribution in [-0.2, 0) is 9.59 Å². The van der Waals surface area contributed by atoms with Crippen LogP contribution in [0.1, 0.15) is 82.5 Å². The molecule has 1 saturated carbocycles. The highest BCUT2D eigenvalue weighted by molar-refractivity contribution is 6.00. The van der Waals surface area contributed by atoms with Crippen molar-refractivity contribution in [2.24, 2.45) is 11.3 Å². The summed E-state index contributed by atoms with van der Waals surface area (Å²) in [4.78, 5) is 45.8. The van der Waals surface area contributed by atoms with Gasteiger partial charge in [-0.2, -0.15) is 0 Å². The van der Waals surface area contributed by atoms with E-state index < -0.39 is 0 Å². The Morgan fingerprint density at radius 1 is 0.868 bits per heavy atom. The molecule has 2 saturated heterocycles. The van der Waals surface area contributed by atoms with Crippen molar-refractivity contribution < 1.29 is 14.4 Å². The minimum Gasteiger partial charge on any atom is -0.368 e. The van der Waals surface area contributed by atoms with Crippen molar-refractivity contribution in [3.05, 3.63) is 23.8 Å². The van der Waals surface area contributed by atoms with Crippen molar-refractivity contribution in [1.29, 1.82) is 0 Å². The highest BCUT2D eigenvalue weighted by Gasteiger charge is 2.28. The second-order valence-electron chi connectivity index (χ2n) is 12.4. The number of rotatable bonds is 5. The summed E-state index contributed by atoms with van der Waals surface area (Å²) in [5.74, 6) is 0.457. The first-order valence-corrected chi connectivity index (χ1v) is 14.7. The average molecular weight is 526 g/mol. The summed E-state index contributed by atoms with van der Waals surface area (Å²) in [5, 5.41) is 6.48. The van der Waals surface area contributed by atoms with Crippen LogP contribution in [0.4, 0.5) is 11.4 Å². The third-order valence-corrected chi connectivity index (χ3v) is 7.94. The topological polar surface area (TPSA) is 85.0 Å². The Balaban J connectivity index is 1.52.